The zero-order valence-corrected chi connectivity index (χ0v) is 9.36. The molecule has 0 saturated carbocycles. The Morgan fingerprint density at radius 3 is 3.19 bits per heavy atom. The number of nitrogens with zero attached hydrogens (tertiary/aromatic N) is 2. The SMILES string of the molecule is C=CC(=O)N(C)c1cc2c(cn1)CCNC2. The number of hydrogen-bond acceptors (Lipinski definition) is 3. The van der Waals surface area contributed by atoms with Crippen LogP contribution in [-0.2, 0) is 17.8 Å². The summed E-state index contributed by atoms with van der Waals surface area (Å²) in [7, 11) is 1.70. The first-order chi connectivity index (χ1) is 7.72. The van der Waals surface area contributed by atoms with Crippen molar-refractivity contribution in [3.63, 3.8) is 0 Å². The molecule has 1 N–H and O–H groups in total. The van der Waals surface area contributed by atoms with Gasteiger partial charge in [0.1, 0.15) is 5.82 Å². The number of likely N-dealkylation sites (N-methyl/N-ethyl adjacent to an activating group) is 1. The summed E-state index contributed by atoms with van der Waals surface area (Å²) in [4.78, 5) is 17.2. The predicted molar refractivity (Wildman–Crippen MR) is 63.3 cm³/mol. The molecule has 1 amide bonds. The van der Waals surface area contributed by atoms with Crippen LogP contribution in [0.5, 0.6) is 0 Å². The normalized spacial score (nSPS) is 14.1. The Hall–Kier alpha value is -1.68. The molecule has 0 bridgehead atoms. The van der Waals surface area contributed by atoms with Crippen LogP contribution in [0, 0.1) is 0 Å². The van der Waals surface area contributed by atoms with Gasteiger partial charge in [-0.3, -0.25) is 9.69 Å². The van der Waals surface area contributed by atoms with Gasteiger partial charge in [-0.1, -0.05) is 6.58 Å². The number of hydrogen-bond donors (Lipinski definition) is 1. The highest BCUT2D eigenvalue weighted by Gasteiger charge is 2.13. The average Bonchev–Trinajstić information content (AvgIpc) is 2.36. The lowest BCUT2D eigenvalue weighted by molar-refractivity contribution is -0.113. The molecule has 2 rings (SSSR count). The van der Waals surface area contributed by atoms with Crippen molar-refractivity contribution < 1.29 is 4.79 Å². The van der Waals surface area contributed by atoms with Gasteiger partial charge in [0, 0.05) is 19.8 Å². The molecule has 1 aromatic rings. The van der Waals surface area contributed by atoms with E-state index in [4.69, 9.17) is 0 Å². The molecule has 4 heteroatoms. The van der Waals surface area contributed by atoms with Crippen LogP contribution in [0.4, 0.5) is 5.82 Å². The van der Waals surface area contributed by atoms with Gasteiger partial charge in [0.2, 0.25) is 0 Å². The van der Waals surface area contributed by atoms with E-state index < -0.39 is 0 Å². The van der Waals surface area contributed by atoms with Crippen molar-refractivity contribution in [2.45, 2.75) is 13.0 Å². The van der Waals surface area contributed by atoms with Crippen molar-refractivity contribution in [2.75, 3.05) is 18.5 Å². The summed E-state index contributed by atoms with van der Waals surface area (Å²) < 4.78 is 0. The summed E-state index contributed by atoms with van der Waals surface area (Å²) in [5.41, 5.74) is 2.49. The van der Waals surface area contributed by atoms with Crippen LogP contribution in [-0.4, -0.2) is 24.5 Å². The Kier molecular flexibility index (Phi) is 3.01. The number of anilines is 1. The van der Waals surface area contributed by atoms with Gasteiger partial charge in [0.05, 0.1) is 0 Å². The van der Waals surface area contributed by atoms with Crippen molar-refractivity contribution in [3.8, 4) is 0 Å². The van der Waals surface area contributed by atoms with E-state index in [9.17, 15) is 4.79 Å². The smallest absolute Gasteiger partial charge is 0.251 e. The minimum absolute atomic E-state index is 0.142. The fraction of sp³-hybridized carbons (Fsp3) is 0.333. The molecule has 0 fully saturated rings. The molecule has 16 heavy (non-hydrogen) atoms. The average molecular weight is 217 g/mol. The number of fused-ring (bicyclic) bond motifs is 1. The van der Waals surface area contributed by atoms with E-state index >= 15 is 0 Å². The van der Waals surface area contributed by atoms with Gasteiger partial charge in [-0.25, -0.2) is 4.98 Å². The molecule has 0 unspecified atom stereocenters. The highest BCUT2D eigenvalue weighted by molar-refractivity contribution is 5.99. The summed E-state index contributed by atoms with van der Waals surface area (Å²) in [5, 5.41) is 3.30. The molecule has 1 aliphatic heterocycles. The Balaban J connectivity index is 2.29. The Labute approximate surface area is 95.0 Å². The Morgan fingerprint density at radius 1 is 1.62 bits per heavy atom. The lowest BCUT2D eigenvalue weighted by atomic mass is 10.0. The summed E-state index contributed by atoms with van der Waals surface area (Å²) in [6.45, 7) is 5.31. The van der Waals surface area contributed by atoms with Crippen molar-refractivity contribution in [1.82, 2.24) is 10.3 Å². The predicted octanol–water partition coefficient (Wildman–Crippen LogP) is 0.876. The highest BCUT2D eigenvalue weighted by Crippen LogP contribution is 2.18. The zero-order valence-electron chi connectivity index (χ0n) is 9.36. The fourth-order valence-electron chi connectivity index (χ4n) is 1.78. The number of pyridine rings is 1. The van der Waals surface area contributed by atoms with Gasteiger partial charge < -0.3 is 5.32 Å². The molecule has 0 spiro atoms. The number of aromatic nitrogens is 1. The molecule has 0 aromatic carbocycles. The third-order valence-electron chi connectivity index (χ3n) is 2.80. The summed E-state index contributed by atoms with van der Waals surface area (Å²) in [6.07, 6.45) is 4.15. The van der Waals surface area contributed by atoms with E-state index in [0.717, 1.165) is 19.5 Å². The van der Waals surface area contributed by atoms with Crippen LogP contribution in [0.25, 0.3) is 0 Å². The van der Waals surface area contributed by atoms with Gasteiger partial charge >= 0.3 is 0 Å². The fourth-order valence-corrected chi connectivity index (χ4v) is 1.78. The van der Waals surface area contributed by atoms with Gasteiger partial charge in [-0.05, 0) is 36.2 Å². The number of nitrogens with one attached hydrogen (secondary N) is 1. The number of rotatable bonds is 2. The second kappa shape index (κ2) is 4.45. The van der Waals surface area contributed by atoms with Crippen molar-refractivity contribution >= 4 is 11.7 Å². The molecular weight excluding hydrogens is 202 g/mol. The molecule has 4 nitrogen and oxygen atoms in total. The van der Waals surface area contributed by atoms with E-state index in [1.165, 1.54) is 22.1 Å². The van der Waals surface area contributed by atoms with Crippen LogP contribution in [0.1, 0.15) is 11.1 Å². The summed E-state index contributed by atoms with van der Waals surface area (Å²) in [5.74, 6) is 0.531. The van der Waals surface area contributed by atoms with E-state index in [1.807, 2.05) is 12.3 Å². The highest BCUT2D eigenvalue weighted by atomic mass is 16.2. The minimum atomic E-state index is -0.142. The quantitative estimate of drug-likeness (QED) is 0.748. The van der Waals surface area contributed by atoms with Gasteiger partial charge in [0.25, 0.3) is 5.91 Å². The monoisotopic (exact) mass is 217 g/mol. The standard InChI is InChI=1S/C12H15N3O/c1-3-12(16)15(2)11-6-10-7-13-5-4-9(10)8-14-11/h3,6,8,13H,1,4-5,7H2,2H3. The second-order valence-electron chi connectivity index (χ2n) is 3.84. The molecule has 0 saturated heterocycles. The number of carbonyl (C=O) groups excluding carboxylic acids is 1. The summed E-state index contributed by atoms with van der Waals surface area (Å²) >= 11 is 0. The lowest BCUT2D eigenvalue weighted by Gasteiger charge is -2.20. The zero-order chi connectivity index (χ0) is 11.5. The molecule has 0 aliphatic carbocycles. The summed E-state index contributed by atoms with van der Waals surface area (Å²) in [6, 6.07) is 1.96. The van der Waals surface area contributed by atoms with E-state index in [0.29, 0.717) is 5.82 Å². The lowest BCUT2D eigenvalue weighted by Crippen LogP contribution is -2.27. The maximum absolute atomic E-state index is 11.4. The van der Waals surface area contributed by atoms with Crippen LogP contribution < -0.4 is 10.2 Å². The molecular formula is C12H15N3O. The topological polar surface area (TPSA) is 45.2 Å². The van der Waals surface area contributed by atoms with Crippen molar-refractivity contribution in [3.05, 3.63) is 36.0 Å². The Morgan fingerprint density at radius 2 is 2.44 bits per heavy atom. The minimum Gasteiger partial charge on any atom is -0.312 e. The van der Waals surface area contributed by atoms with E-state index in [2.05, 4.69) is 16.9 Å². The third-order valence-corrected chi connectivity index (χ3v) is 2.80. The first-order valence-electron chi connectivity index (χ1n) is 5.31. The number of carbonyl (C=O) groups is 1. The van der Waals surface area contributed by atoms with Gasteiger partial charge in [-0.15, -0.1) is 0 Å². The van der Waals surface area contributed by atoms with Crippen molar-refractivity contribution in [2.24, 2.45) is 0 Å². The van der Waals surface area contributed by atoms with E-state index in [1.54, 1.807) is 7.05 Å². The first kappa shape index (κ1) is 10.8. The molecule has 0 atom stereocenters. The first-order valence-corrected chi connectivity index (χ1v) is 5.31. The van der Waals surface area contributed by atoms with Crippen LogP contribution >= 0.6 is 0 Å². The maximum atomic E-state index is 11.4. The van der Waals surface area contributed by atoms with Crippen LogP contribution in [0.2, 0.25) is 0 Å². The second-order valence-corrected chi connectivity index (χ2v) is 3.84. The molecule has 1 aliphatic rings. The third kappa shape index (κ3) is 1.97. The van der Waals surface area contributed by atoms with Gasteiger partial charge in [0.15, 0.2) is 0 Å². The molecule has 1 aromatic heterocycles. The molecule has 0 radical (unpaired) electrons. The largest absolute Gasteiger partial charge is 0.312 e. The van der Waals surface area contributed by atoms with Gasteiger partial charge in [-0.2, -0.15) is 0 Å². The Bertz CT molecular complexity index is 428. The maximum Gasteiger partial charge on any atom is 0.251 e. The van der Waals surface area contributed by atoms with Crippen LogP contribution in [0.3, 0.4) is 0 Å². The van der Waals surface area contributed by atoms with Crippen LogP contribution in [0.15, 0.2) is 24.9 Å². The van der Waals surface area contributed by atoms with Crippen molar-refractivity contribution in [1.29, 1.82) is 0 Å². The number of amides is 1. The molecule has 2 heterocycles. The van der Waals surface area contributed by atoms with E-state index in [-0.39, 0.29) is 5.91 Å². The molecule has 84 valence electrons.